The van der Waals surface area contributed by atoms with E-state index in [2.05, 4.69) is 37.0 Å². The number of H-pyrrole nitrogens is 1. The molecule has 0 amide bonds. The molecular formula is C14H19NO. The van der Waals surface area contributed by atoms with Gasteiger partial charge in [-0.1, -0.05) is 31.5 Å². The number of aliphatic hydroxyl groups is 1. The fraction of sp³-hybridized carbons (Fsp3) is 0.429. The van der Waals surface area contributed by atoms with Crippen molar-refractivity contribution >= 4 is 10.9 Å². The minimum atomic E-state index is 0.273. The number of rotatable bonds is 4. The van der Waals surface area contributed by atoms with Crippen LogP contribution in [-0.2, 0) is 6.42 Å². The van der Waals surface area contributed by atoms with E-state index in [0.717, 1.165) is 12.8 Å². The highest BCUT2D eigenvalue weighted by Gasteiger charge is 2.12. The number of aliphatic hydroxyl groups excluding tert-OH is 1. The molecule has 1 aromatic carbocycles. The summed E-state index contributed by atoms with van der Waals surface area (Å²) in [5, 5.41) is 10.6. The normalized spacial score (nSPS) is 13.2. The first kappa shape index (κ1) is 11.2. The van der Waals surface area contributed by atoms with Gasteiger partial charge in [-0.15, -0.1) is 0 Å². The predicted octanol–water partition coefficient (Wildman–Crippen LogP) is 3.04. The number of hydrogen-bond acceptors (Lipinski definition) is 1. The molecule has 1 atom stereocenters. The minimum Gasteiger partial charge on any atom is -0.396 e. The van der Waals surface area contributed by atoms with Crippen LogP contribution in [0.15, 0.2) is 24.3 Å². The highest BCUT2D eigenvalue weighted by Crippen LogP contribution is 2.25. The summed E-state index contributed by atoms with van der Waals surface area (Å²) in [5.41, 5.74) is 3.78. The van der Waals surface area contributed by atoms with E-state index in [0.29, 0.717) is 5.92 Å². The van der Waals surface area contributed by atoms with Crippen molar-refractivity contribution in [3.05, 3.63) is 35.5 Å². The van der Waals surface area contributed by atoms with Crippen LogP contribution in [-0.4, -0.2) is 16.7 Å². The number of aromatic nitrogens is 1. The third kappa shape index (κ3) is 1.98. The van der Waals surface area contributed by atoms with Crippen LogP contribution in [0.25, 0.3) is 10.9 Å². The maximum atomic E-state index is 9.28. The fourth-order valence-corrected chi connectivity index (χ4v) is 2.22. The molecule has 2 nitrogen and oxygen atoms in total. The van der Waals surface area contributed by atoms with E-state index in [-0.39, 0.29) is 6.61 Å². The molecular weight excluding hydrogens is 198 g/mol. The van der Waals surface area contributed by atoms with Gasteiger partial charge in [0.25, 0.3) is 0 Å². The molecule has 0 spiro atoms. The Bertz CT molecular complexity index is 469. The first-order valence-corrected chi connectivity index (χ1v) is 5.93. The van der Waals surface area contributed by atoms with Crippen molar-refractivity contribution in [2.24, 2.45) is 5.92 Å². The lowest BCUT2D eigenvalue weighted by atomic mass is 9.96. The molecule has 2 heteroatoms. The third-order valence-corrected chi connectivity index (χ3v) is 3.36. The van der Waals surface area contributed by atoms with Crippen LogP contribution in [0.3, 0.4) is 0 Å². The molecule has 0 aliphatic heterocycles. The number of hydrogen-bond donors (Lipinski definition) is 2. The fourth-order valence-electron chi connectivity index (χ4n) is 2.22. The van der Waals surface area contributed by atoms with Crippen molar-refractivity contribution in [1.29, 1.82) is 0 Å². The van der Waals surface area contributed by atoms with Gasteiger partial charge in [0, 0.05) is 23.2 Å². The number of nitrogens with one attached hydrogen (secondary N) is 1. The van der Waals surface area contributed by atoms with E-state index in [1.54, 1.807) is 0 Å². The van der Waals surface area contributed by atoms with Gasteiger partial charge < -0.3 is 10.1 Å². The lowest BCUT2D eigenvalue weighted by Gasteiger charge is -2.11. The van der Waals surface area contributed by atoms with Crippen LogP contribution in [0.5, 0.6) is 0 Å². The average molecular weight is 217 g/mol. The molecule has 2 aromatic rings. The van der Waals surface area contributed by atoms with Crippen molar-refractivity contribution in [3.8, 4) is 0 Å². The molecule has 2 rings (SSSR count). The first-order valence-electron chi connectivity index (χ1n) is 5.93. The SMILES string of the molecule is CCC(CO)Cc1c(C)[nH]c2ccccc12. The molecule has 2 N–H and O–H groups in total. The Hall–Kier alpha value is -1.28. The molecule has 0 saturated heterocycles. The standard InChI is InChI=1S/C14H19NO/c1-3-11(9-16)8-13-10(2)15-14-7-5-4-6-12(13)14/h4-7,11,15-16H,3,8-9H2,1-2H3. The van der Waals surface area contributed by atoms with E-state index in [4.69, 9.17) is 0 Å². The maximum Gasteiger partial charge on any atom is 0.0462 e. The Morgan fingerprint density at radius 3 is 2.75 bits per heavy atom. The Balaban J connectivity index is 2.39. The van der Waals surface area contributed by atoms with Crippen LogP contribution in [0, 0.1) is 12.8 Å². The highest BCUT2D eigenvalue weighted by atomic mass is 16.3. The summed E-state index contributed by atoms with van der Waals surface area (Å²) in [5.74, 6) is 0.373. The van der Waals surface area contributed by atoms with Crippen LogP contribution in [0.2, 0.25) is 0 Å². The molecule has 1 aromatic heterocycles. The average Bonchev–Trinajstić information content (AvgIpc) is 2.62. The first-order chi connectivity index (χ1) is 7.76. The molecule has 0 aliphatic rings. The largest absolute Gasteiger partial charge is 0.396 e. The molecule has 86 valence electrons. The zero-order chi connectivity index (χ0) is 11.5. The molecule has 0 saturated carbocycles. The number of para-hydroxylation sites is 1. The van der Waals surface area contributed by atoms with Gasteiger partial charge in [0.1, 0.15) is 0 Å². The van der Waals surface area contributed by atoms with Gasteiger partial charge in [0.05, 0.1) is 0 Å². The van der Waals surface area contributed by atoms with Crippen molar-refractivity contribution < 1.29 is 5.11 Å². The van der Waals surface area contributed by atoms with E-state index in [1.807, 2.05) is 6.07 Å². The van der Waals surface area contributed by atoms with E-state index >= 15 is 0 Å². The summed E-state index contributed by atoms with van der Waals surface area (Å²) in [6.45, 7) is 4.51. The van der Waals surface area contributed by atoms with Gasteiger partial charge in [-0.05, 0) is 30.9 Å². The number of benzene rings is 1. The molecule has 16 heavy (non-hydrogen) atoms. The van der Waals surface area contributed by atoms with Gasteiger partial charge >= 0.3 is 0 Å². The molecule has 1 unspecified atom stereocenters. The molecule has 0 radical (unpaired) electrons. The summed E-state index contributed by atoms with van der Waals surface area (Å²) in [6.07, 6.45) is 1.98. The Morgan fingerprint density at radius 1 is 1.31 bits per heavy atom. The summed E-state index contributed by atoms with van der Waals surface area (Å²) >= 11 is 0. The number of fused-ring (bicyclic) bond motifs is 1. The predicted molar refractivity (Wildman–Crippen MR) is 67.6 cm³/mol. The van der Waals surface area contributed by atoms with Gasteiger partial charge in [-0.2, -0.15) is 0 Å². The topological polar surface area (TPSA) is 36.0 Å². The number of aromatic amines is 1. The third-order valence-electron chi connectivity index (χ3n) is 3.36. The molecule has 1 heterocycles. The van der Waals surface area contributed by atoms with Gasteiger partial charge in [-0.25, -0.2) is 0 Å². The second kappa shape index (κ2) is 4.71. The lowest BCUT2D eigenvalue weighted by Crippen LogP contribution is -2.08. The van der Waals surface area contributed by atoms with Gasteiger partial charge in [0.2, 0.25) is 0 Å². The Kier molecular flexibility index (Phi) is 3.30. The van der Waals surface area contributed by atoms with E-state index in [9.17, 15) is 5.11 Å². The molecule has 0 bridgehead atoms. The second-order valence-corrected chi connectivity index (χ2v) is 4.44. The van der Waals surface area contributed by atoms with Crippen molar-refractivity contribution in [1.82, 2.24) is 4.98 Å². The summed E-state index contributed by atoms with van der Waals surface area (Å²) in [4.78, 5) is 3.40. The zero-order valence-corrected chi connectivity index (χ0v) is 9.96. The van der Waals surface area contributed by atoms with E-state index < -0.39 is 0 Å². The second-order valence-electron chi connectivity index (χ2n) is 4.44. The quantitative estimate of drug-likeness (QED) is 0.811. The minimum absolute atomic E-state index is 0.273. The van der Waals surface area contributed by atoms with Crippen LogP contribution < -0.4 is 0 Å². The maximum absolute atomic E-state index is 9.28. The summed E-state index contributed by atoms with van der Waals surface area (Å²) in [7, 11) is 0. The Morgan fingerprint density at radius 2 is 2.06 bits per heavy atom. The Labute approximate surface area is 96.3 Å². The van der Waals surface area contributed by atoms with Crippen LogP contribution in [0.1, 0.15) is 24.6 Å². The number of aryl methyl sites for hydroxylation is 1. The summed E-state index contributed by atoms with van der Waals surface area (Å²) in [6, 6.07) is 8.37. The van der Waals surface area contributed by atoms with E-state index in [1.165, 1.54) is 22.2 Å². The van der Waals surface area contributed by atoms with Gasteiger partial charge in [0.15, 0.2) is 0 Å². The van der Waals surface area contributed by atoms with Crippen molar-refractivity contribution in [2.45, 2.75) is 26.7 Å². The van der Waals surface area contributed by atoms with Crippen molar-refractivity contribution in [2.75, 3.05) is 6.61 Å². The van der Waals surface area contributed by atoms with Crippen LogP contribution >= 0.6 is 0 Å². The monoisotopic (exact) mass is 217 g/mol. The zero-order valence-electron chi connectivity index (χ0n) is 9.96. The summed E-state index contributed by atoms with van der Waals surface area (Å²) < 4.78 is 0. The highest BCUT2D eigenvalue weighted by molar-refractivity contribution is 5.84. The van der Waals surface area contributed by atoms with Gasteiger partial charge in [-0.3, -0.25) is 0 Å². The molecule has 0 aliphatic carbocycles. The molecule has 0 fully saturated rings. The lowest BCUT2D eigenvalue weighted by molar-refractivity contribution is 0.222. The van der Waals surface area contributed by atoms with Crippen LogP contribution in [0.4, 0.5) is 0 Å². The van der Waals surface area contributed by atoms with Crippen molar-refractivity contribution in [3.63, 3.8) is 0 Å². The smallest absolute Gasteiger partial charge is 0.0462 e.